The summed E-state index contributed by atoms with van der Waals surface area (Å²) in [6.45, 7) is -0.605. The number of carboxylic acids is 1. The van der Waals surface area contributed by atoms with E-state index < -0.39 is 28.5 Å². The Morgan fingerprint density at radius 2 is 1.83 bits per heavy atom. The second kappa shape index (κ2) is 5.58. The van der Waals surface area contributed by atoms with Gasteiger partial charge in [0.15, 0.2) is 0 Å². The van der Waals surface area contributed by atoms with Crippen molar-refractivity contribution in [3.8, 4) is 0 Å². The van der Waals surface area contributed by atoms with Gasteiger partial charge in [-0.15, -0.1) is 0 Å². The molecule has 0 unspecified atom stereocenters. The highest BCUT2D eigenvalue weighted by Crippen LogP contribution is 2.10. The van der Waals surface area contributed by atoms with Gasteiger partial charge >= 0.3 is 5.97 Å². The molecule has 0 fully saturated rings. The van der Waals surface area contributed by atoms with E-state index in [0.717, 1.165) is 24.3 Å². The number of carbonyl (C=O) groups excluding carboxylic acids is 1. The maximum absolute atomic E-state index is 11.6. The standard InChI is InChI=1S/C9H10N2O6S/c10-8(12)5-17-11-18(15,16)7-3-1-6(2-4-7)9(13)14/h1-4,11H,5H2,(H2,10,12)(H,13,14). The van der Waals surface area contributed by atoms with Gasteiger partial charge < -0.3 is 10.8 Å². The summed E-state index contributed by atoms with van der Waals surface area (Å²) in [6, 6.07) is 4.45. The van der Waals surface area contributed by atoms with E-state index >= 15 is 0 Å². The molecule has 1 rings (SSSR count). The van der Waals surface area contributed by atoms with Gasteiger partial charge in [-0.3, -0.25) is 9.63 Å². The fourth-order valence-corrected chi connectivity index (χ4v) is 1.81. The molecular formula is C9H10N2O6S. The molecule has 0 heterocycles. The lowest BCUT2D eigenvalue weighted by molar-refractivity contribution is -0.123. The lowest BCUT2D eigenvalue weighted by Crippen LogP contribution is -2.29. The molecular weight excluding hydrogens is 264 g/mol. The zero-order chi connectivity index (χ0) is 13.8. The predicted molar refractivity (Wildman–Crippen MR) is 58.9 cm³/mol. The Bertz CT molecular complexity index is 551. The van der Waals surface area contributed by atoms with Crippen LogP contribution in [0.25, 0.3) is 0 Å². The molecule has 1 aromatic carbocycles. The molecule has 9 heteroatoms. The Hall–Kier alpha value is -1.97. The summed E-state index contributed by atoms with van der Waals surface area (Å²) in [5, 5.41) is 8.64. The molecule has 1 aromatic rings. The summed E-state index contributed by atoms with van der Waals surface area (Å²) in [4.78, 5) is 26.8. The number of primary amides is 1. The summed E-state index contributed by atoms with van der Waals surface area (Å²) in [5.41, 5.74) is 4.70. The van der Waals surface area contributed by atoms with E-state index in [4.69, 9.17) is 10.8 Å². The summed E-state index contributed by atoms with van der Waals surface area (Å²) < 4.78 is 23.1. The number of aromatic carboxylic acids is 1. The minimum Gasteiger partial charge on any atom is -0.478 e. The lowest BCUT2D eigenvalue weighted by atomic mass is 10.2. The quantitative estimate of drug-likeness (QED) is 0.574. The van der Waals surface area contributed by atoms with Crippen molar-refractivity contribution in [1.29, 1.82) is 0 Å². The van der Waals surface area contributed by atoms with Crippen molar-refractivity contribution in [1.82, 2.24) is 4.89 Å². The Labute approximate surface area is 102 Å². The van der Waals surface area contributed by atoms with Gasteiger partial charge in [-0.2, -0.15) is 0 Å². The van der Waals surface area contributed by atoms with Crippen molar-refractivity contribution in [2.45, 2.75) is 4.90 Å². The third-order valence-electron chi connectivity index (χ3n) is 1.79. The van der Waals surface area contributed by atoms with Gasteiger partial charge in [-0.05, 0) is 24.3 Å². The molecule has 0 radical (unpaired) electrons. The molecule has 4 N–H and O–H groups in total. The molecule has 98 valence electrons. The fourth-order valence-electron chi connectivity index (χ4n) is 1.00. The van der Waals surface area contributed by atoms with Gasteiger partial charge in [-0.1, -0.05) is 4.89 Å². The van der Waals surface area contributed by atoms with E-state index in [1.807, 2.05) is 0 Å². The summed E-state index contributed by atoms with van der Waals surface area (Å²) in [7, 11) is -3.97. The predicted octanol–water partition coefficient (Wildman–Crippen LogP) is -0.920. The fraction of sp³-hybridized carbons (Fsp3) is 0.111. The third-order valence-corrected chi connectivity index (χ3v) is 3.02. The van der Waals surface area contributed by atoms with Crippen molar-refractivity contribution >= 4 is 21.9 Å². The number of benzene rings is 1. The van der Waals surface area contributed by atoms with Crippen LogP contribution < -0.4 is 10.6 Å². The summed E-state index contributed by atoms with van der Waals surface area (Å²) in [5.74, 6) is -2.00. The highest BCUT2D eigenvalue weighted by atomic mass is 32.2. The molecule has 0 atom stereocenters. The van der Waals surface area contributed by atoms with Crippen LogP contribution in [0, 0.1) is 0 Å². The van der Waals surface area contributed by atoms with Crippen molar-refractivity contribution in [2.24, 2.45) is 5.73 Å². The number of nitrogens with one attached hydrogen (secondary N) is 1. The number of hydrogen-bond donors (Lipinski definition) is 3. The normalized spacial score (nSPS) is 11.1. The molecule has 8 nitrogen and oxygen atoms in total. The van der Waals surface area contributed by atoms with Crippen molar-refractivity contribution in [3.05, 3.63) is 29.8 Å². The SMILES string of the molecule is NC(=O)CONS(=O)(=O)c1ccc(C(=O)O)cc1. The monoisotopic (exact) mass is 274 g/mol. The van der Waals surface area contributed by atoms with Gasteiger partial charge in [0.1, 0.15) is 6.61 Å². The van der Waals surface area contributed by atoms with Crippen molar-refractivity contribution < 1.29 is 28.0 Å². The van der Waals surface area contributed by atoms with E-state index in [0.29, 0.717) is 0 Å². The zero-order valence-corrected chi connectivity index (χ0v) is 9.81. The first-order chi connectivity index (χ1) is 8.33. The molecule has 0 spiro atoms. The lowest BCUT2D eigenvalue weighted by Gasteiger charge is -2.05. The highest BCUT2D eigenvalue weighted by Gasteiger charge is 2.15. The number of amides is 1. The number of carboxylic acid groups (broad SMARTS) is 1. The van der Waals surface area contributed by atoms with Crippen molar-refractivity contribution in [2.75, 3.05) is 6.61 Å². The highest BCUT2D eigenvalue weighted by molar-refractivity contribution is 7.89. The van der Waals surface area contributed by atoms with Crippen LogP contribution in [-0.4, -0.2) is 32.0 Å². The van der Waals surface area contributed by atoms with Gasteiger partial charge in [-0.25, -0.2) is 13.2 Å². The Kier molecular flexibility index (Phi) is 4.37. The Morgan fingerprint density at radius 1 is 1.28 bits per heavy atom. The molecule has 1 amide bonds. The van der Waals surface area contributed by atoms with Crippen LogP contribution in [0.3, 0.4) is 0 Å². The summed E-state index contributed by atoms with van der Waals surface area (Å²) >= 11 is 0. The maximum Gasteiger partial charge on any atom is 0.335 e. The van der Waals surface area contributed by atoms with Crippen LogP contribution >= 0.6 is 0 Å². The van der Waals surface area contributed by atoms with Gasteiger partial charge in [0, 0.05) is 0 Å². The average molecular weight is 274 g/mol. The van der Waals surface area contributed by atoms with Crippen molar-refractivity contribution in [3.63, 3.8) is 0 Å². The van der Waals surface area contributed by atoms with E-state index in [9.17, 15) is 18.0 Å². The minimum absolute atomic E-state index is 0.0491. The van der Waals surface area contributed by atoms with Crippen LogP contribution in [-0.2, 0) is 19.7 Å². The smallest absolute Gasteiger partial charge is 0.335 e. The molecule has 0 saturated carbocycles. The average Bonchev–Trinajstić information content (AvgIpc) is 2.28. The van der Waals surface area contributed by atoms with Gasteiger partial charge in [0.2, 0.25) is 5.91 Å². The molecule has 0 saturated heterocycles. The number of rotatable bonds is 6. The largest absolute Gasteiger partial charge is 0.478 e. The second-order valence-corrected chi connectivity index (χ2v) is 4.82. The van der Waals surface area contributed by atoms with E-state index in [1.54, 1.807) is 4.89 Å². The van der Waals surface area contributed by atoms with Crippen LogP contribution in [0.15, 0.2) is 29.2 Å². The second-order valence-electron chi connectivity index (χ2n) is 3.17. The molecule has 0 aliphatic heterocycles. The van der Waals surface area contributed by atoms with Gasteiger partial charge in [0.25, 0.3) is 10.0 Å². The molecule has 0 aromatic heterocycles. The number of sulfonamides is 1. The first-order valence-electron chi connectivity index (χ1n) is 4.58. The molecule has 18 heavy (non-hydrogen) atoms. The number of nitrogens with two attached hydrogens (primary N) is 1. The first-order valence-corrected chi connectivity index (χ1v) is 6.06. The third kappa shape index (κ3) is 3.80. The van der Waals surface area contributed by atoms with Gasteiger partial charge in [0.05, 0.1) is 10.5 Å². The topological polar surface area (TPSA) is 136 Å². The van der Waals surface area contributed by atoms with Crippen LogP contribution in [0.2, 0.25) is 0 Å². The van der Waals surface area contributed by atoms with Crippen LogP contribution in [0.4, 0.5) is 0 Å². The molecule has 0 aliphatic carbocycles. The van der Waals surface area contributed by atoms with E-state index in [2.05, 4.69) is 4.84 Å². The Morgan fingerprint density at radius 3 is 2.28 bits per heavy atom. The summed E-state index contributed by atoms with van der Waals surface area (Å²) in [6.07, 6.45) is 0. The number of carbonyl (C=O) groups is 2. The van der Waals surface area contributed by atoms with E-state index in [1.165, 1.54) is 0 Å². The maximum atomic E-state index is 11.6. The first kappa shape index (κ1) is 14.1. The van der Waals surface area contributed by atoms with Crippen LogP contribution in [0.1, 0.15) is 10.4 Å². The van der Waals surface area contributed by atoms with Crippen LogP contribution in [0.5, 0.6) is 0 Å². The Balaban J connectivity index is 2.79. The van der Waals surface area contributed by atoms with E-state index in [-0.39, 0.29) is 10.5 Å². The minimum atomic E-state index is -3.97. The number of hydrogen-bond acceptors (Lipinski definition) is 5. The molecule has 0 bridgehead atoms. The molecule has 0 aliphatic rings. The zero-order valence-electron chi connectivity index (χ0n) is 8.99.